The number of anilines is 1. The molecule has 132 valence electrons. The molecule has 1 amide bonds. The highest BCUT2D eigenvalue weighted by Crippen LogP contribution is 2.20. The van der Waals surface area contributed by atoms with Crippen molar-refractivity contribution in [2.45, 2.75) is 20.0 Å². The number of amides is 1. The number of carbonyl (C=O) groups is 3. The lowest BCUT2D eigenvalue weighted by molar-refractivity contribution is -0.123. The molecule has 0 radical (unpaired) electrons. The molecule has 0 saturated carbocycles. The van der Waals surface area contributed by atoms with Gasteiger partial charge in [0.15, 0.2) is 11.9 Å². The summed E-state index contributed by atoms with van der Waals surface area (Å²) < 4.78 is 20.8. The molecular weight excluding hydrogens is 395 g/mol. The number of hydrogen-bond acceptors (Lipinski definition) is 4. The molecule has 2 aromatic rings. The Labute approximate surface area is 152 Å². The molecule has 0 saturated heterocycles. The van der Waals surface area contributed by atoms with Crippen molar-refractivity contribution in [1.29, 1.82) is 0 Å². The summed E-state index contributed by atoms with van der Waals surface area (Å²) in [6.07, 6.45) is 0.354. The Balaban J connectivity index is 2.05. The Kier molecular flexibility index (Phi) is 5.73. The van der Waals surface area contributed by atoms with Crippen LogP contribution in [0.3, 0.4) is 0 Å². The monoisotopic (exact) mass is 410 g/mol. The van der Waals surface area contributed by atoms with Gasteiger partial charge in [-0.3, -0.25) is 9.59 Å². The van der Waals surface area contributed by atoms with Crippen LogP contribution in [0, 0.1) is 5.82 Å². The van der Waals surface area contributed by atoms with E-state index in [2.05, 4.69) is 21.2 Å². The molecule has 25 heavy (non-hydrogen) atoms. The topological polar surface area (TPSA) is 77.4 Å². The van der Waals surface area contributed by atoms with Gasteiger partial charge >= 0.3 is 5.97 Å². The predicted molar refractivity (Wildman–Crippen MR) is 93.0 cm³/mol. The lowest BCUT2D eigenvalue weighted by Gasteiger charge is -2.14. The summed E-state index contributed by atoms with van der Waals surface area (Å²) in [7, 11) is 1.59. The molecule has 0 aliphatic heterocycles. The van der Waals surface area contributed by atoms with Gasteiger partial charge < -0.3 is 14.6 Å². The van der Waals surface area contributed by atoms with Crippen LogP contribution >= 0.6 is 15.9 Å². The van der Waals surface area contributed by atoms with E-state index in [9.17, 15) is 18.8 Å². The number of nitrogens with one attached hydrogen (secondary N) is 1. The smallest absolute Gasteiger partial charge is 0.355 e. The molecule has 6 nitrogen and oxygen atoms in total. The molecule has 2 rings (SSSR count). The van der Waals surface area contributed by atoms with E-state index in [1.165, 1.54) is 42.8 Å². The summed E-state index contributed by atoms with van der Waals surface area (Å²) in [4.78, 5) is 35.6. The molecule has 1 atom stereocenters. The van der Waals surface area contributed by atoms with Gasteiger partial charge in [0.25, 0.3) is 5.91 Å². The Morgan fingerprint density at radius 3 is 2.52 bits per heavy atom. The molecule has 0 fully saturated rings. The average molecular weight is 411 g/mol. The molecule has 1 aromatic carbocycles. The number of nitrogens with zero attached hydrogens (tertiary/aromatic N) is 1. The third-order valence-electron chi connectivity index (χ3n) is 3.46. The van der Waals surface area contributed by atoms with Crippen LogP contribution in [-0.4, -0.2) is 28.3 Å². The van der Waals surface area contributed by atoms with Gasteiger partial charge in [-0.05, 0) is 38.1 Å². The van der Waals surface area contributed by atoms with E-state index >= 15 is 0 Å². The summed E-state index contributed by atoms with van der Waals surface area (Å²) in [5.74, 6) is -2.23. The Bertz CT molecular complexity index is 847. The van der Waals surface area contributed by atoms with Crippen molar-refractivity contribution in [3.05, 3.63) is 52.0 Å². The SMILES string of the molecule is CC(=O)c1cc(C(=O)O[C@@H](C)C(=O)Nc2ccc(Br)cc2F)n(C)c1. The van der Waals surface area contributed by atoms with E-state index in [4.69, 9.17) is 4.74 Å². The Morgan fingerprint density at radius 2 is 1.96 bits per heavy atom. The molecule has 1 aromatic heterocycles. The number of Topliss-reactive ketones (excluding diaryl/α,β-unsaturated/α-hetero) is 1. The largest absolute Gasteiger partial charge is 0.448 e. The summed E-state index contributed by atoms with van der Waals surface area (Å²) >= 11 is 3.12. The number of ether oxygens (including phenoxy) is 1. The molecule has 0 aliphatic carbocycles. The highest BCUT2D eigenvalue weighted by atomic mass is 79.9. The highest BCUT2D eigenvalue weighted by molar-refractivity contribution is 9.10. The quantitative estimate of drug-likeness (QED) is 0.605. The molecule has 0 bridgehead atoms. The van der Waals surface area contributed by atoms with Gasteiger partial charge in [0.05, 0.1) is 5.69 Å². The van der Waals surface area contributed by atoms with Crippen LogP contribution in [0.5, 0.6) is 0 Å². The van der Waals surface area contributed by atoms with Gasteiger partial charge in [-0.15, -0.1) is 0 Å². The van der Waals surface area contributed by atoms with Crippen LogP contribution < -0.4 is 5.32 Å². The first kappa shape index (κ1) is 18.9. The molecule has 8 heteroatoms. The van der Waals surface area contributed by atoms with E-state index in [1.54, 1.807) is 13.1 Å². The standard InChI is InChI=1S/C17H16BrFN2O4/c1-9(22)11-6-15(21(3)8-11)17(24)25-10(2)16(23)20-14-5-4-12(18)7-13(14)19/h4-8,10H,1-3H3,(H,20,23)/t10-/m0/s1. The summed E-state index contributed by atoms with van der Waals surface area (Å²) in [5, 5.41) is 2.36. The minimum absolute atomic E-state index is 0.0196. The number of aromatic nitrogens is 1. The first-order valence-electron chi connectivity index (χ1n) is 7.33. The molecule has 0 spiro atoms. The minimum Gasteiger partial charge on any atom is -0.448 e. The first-order valence-corrected chi connectivity index (χ1v) is 8.12. The summed E-state index contributed by atoms with van der Waals surface area (Å²) in [5.41, 5.74) is 0.483. The molecular formula is C17H16BrFN2O4. The van der Waals surface area contributed by atoms with Crippen molar-refractivity contribution in [3.8, 4) is 0 Å². The maximum absolute atomic E-state index is 13.7. The van der Waals surface area contributed by atoms with Gasteiger partial charge in [0.1, 0.15) is 11.5 Å². The van der Waals surface area contributed by atoms with Crippen molar-refractivity contribution >= 4 is 39.3 Å². The van der Waals surface area contributed by atoms with Crippen LogP contribution in [0.25, 0.3) is 0 Å². The Hall–Kier alpha value is -2.48. The van der Waals surface area contributed by atoms with Gasteiger partial charge in [-0.25, -0.2) is 9.18 Å². The summed E-state index contributed by atoms with van der Waals surface area (Å²) in [6, 6.07) is 5.56. The third-order valence-corrected chi connectivity index (χ3v) is 3.96. The van der Waals surface area contributed by atoms with E-state index in [-0.39, 0.29) is 17.2 Å². The van der Waals surface area contributed by atoms with Crippen LogP contribution in [0.1, 0.15) is 34.7 Å². The molecule has 0 unspecified atom stereocenters. The fourth-order valence-electron chi connectivity index (χ4n) is 2.06. The predicted octanol–water partition coefficient (Wildman–Crippen LogP) is 3.31. The van der Waals surface area contributed by atoms with E-state index < -0.39 is 23.8 Å². The lowest BCUT2D eigenvalue weighted by atomic mass is 10.2. The molecule has 1 heterocycles. The average Bonchev–Trinajstić information content (AvgIpc) is 2.92. The van der Waals surface area contributed by atoms with Crippen LogP contribution in [-0.2, 0) is 16.6 Å². The van der Waals surface area contributed by atoms with E-state index in [1.807, 2.05) is 0 Å². The maximum Gasteiger partial charge on any atom is 0.355 e. The number of halogens is 2. The van der Waals surface area contributed by atoms with Gasteiger partial charge in [0, 0.05) is 23.3 Å². The second-order valence-corrected chi connectivity index (χ2v) is 6.36. The number of carbonyl (C=O) groups excluding carboxylic acids is 3. The normalized spacial score (nSPS) is 11.7. The number of esters is 1. The van der Waals surface area contributed by atoms with Crippen LogP contribution in [0.4, 0.5) is 10.1 Å². The van der Waals surface area contributed by atoms with Crippen molar-refractivity contribution in [3.63, 3.8) is 0 Å². The number of rotatable bonds is 5. The van der Waals surface area contributed by atoms with Gasteiger partial charge in [0.2, 0.25) is 0 Å². The van der Waals surface area contributed by atoms with Crippen molar-refractivity contribution in [1.82, 2.24) is 4.57 Å². The second-order valence-electron chi connectivity index (χ2n) is 5.44. The number of benzene rings is 1. The third kappa shape index (κ3) is 4.54. The van der Waals surface area contributed by atoms with Gasteiger partial charge in [-0.1, -0.05) is 15.9 Å². The lowest BCUT2D eigenvalue weighted by Crippen LogP contribution is -2.30. The number of hydrogen-bond donors (Lipinski definition) is 1. The fraction of sp³-hybridized carbons (Fsp3) is 0.235. The number of ketones is 1. The fourth-order valence-corrected chi connectivity index (χ4v) is 2.39. The second kappa shape index (κ2) is 7.60. The zero-order valence-corrected chi connectivity index (χ0v) is 15.4. The zero-order valence-electron chi connectivity index (χ0n) is 13.8. The molecule has 1 N–H and O–H groups in total. The van der Waals surface area contributed by atoms with Gasteiger partial charge in [-0.2, -0.15) is 0 Å². The van der Waals surface area contributed by atoms with Crippen molar-refractivity contribution < 1.29 is 23.5 Å². The maximum atomic E-state index is 13.7. The van der Waals surface area contributed by atoms with Crippen LogP contribution in [0.2, 0.25) is 0 Å². The van der Waals surface area contributed by atoms with E-state index in [0.29, 0.717) is 10.0 Å². The van der Waals surface area contributed by atoms with Crippen molar-refractivity contribution in [2.24, 2.45) is 7.05 Å². The number of aryl methyl sites for hydroxylation is 1. The minimum atomic E-state index is -1.15. The van der Waals surface area contributed by atoms with Crippen molar-refractivity contribution in [2.75, 3.05) is 5.32 Å². The Morgan fingerprint density at radius 1 is 1.28 bits per heavy atom. The summed E-state index contributed by atoms with van der Waals surface area (Å²) in [6.45, 7) is 2.76. The molecule has 0 aliphatic rings. The first-order chi connectivity index (χ1) is 11.7. The highest BCUT2D eigenvalue weighted by Gasteiger charge is 2.22. The van der Waals surface area contributed by atoms with Crippen LogP contribution in [0.15, 0.2) is 34.9 Å². The zero-order chi connectivity index (χ0) is 18.7. The van der Waals surface area contributed by atoms with E-state index in [0.717, 1.165) is 0 Å².